The minimum absolute atomic E-state index is 0.0578. The molecule has 1 N–H and O–H groups in total. The lowest BCUT2D eigenvalue weighted by Gasteiger charge is -2.25. The lowest BCUT2D eigenvalue weighted by Crippen LogP contribution is -2.37. The maximum absolute atomic E-state index is 12.4. The maximum atomic E-state index is 12.4. The predicted molar refractivity (Wildman–Crippen MR) is 96.7 cm³/mol. The molecule has 26 heavy (non-hydrogen) atoms. The molecule has 2 aliphatic rings. The van der Waals surface area contributed by atoms with Crippen molar-refractivity contribution in [3.8, 4) is 0 Å². The fraction of sp³-hybridized carbons (Fsp3) is 0.500. The van der Waals surface area contributed by atoms with Crippen LogP contribution in [0.4, 0.5) is 0 Å². The Morgan fingerprint density at radius 1 is 1.19 bits per heavy atom. The van der Waals surface area contributed by atoms with E-state index in [1.54, 1.807) is 0 Å². The molecular weight excluding hydrogens is 330 g/mol. The van der Waals surface area contributed by atoms with E-state index in [4.69, 9.17) is 14.6 Å². The summed E-state index contributed by atoms with van der Waals surface area (Å²) in [7, 11) is 0. The molecule has 1 fully saturated rings. The van der Waals surface area contributed by atoms with E-state index >= 15 is 0 Å². The van der Waals surface area contributed by atoms with Crippen molar-refractivity contribution in [3.63, 3.8) is 0 Å². The van der Waals surface area contributed by atoms with Crippen LogP contribution in [0.25, 0.3) is 0 Å². The molecule has 0 bridgehead atoms. The minimum atomic E-state index is -0.167. The van der Waals surface area contributed by atoms with E-state index in [2.05, 4.69) is 23.6 Å². The Hall–Kier alpha value is -2.18. The Kier molecular flexibility index (Phi) is 5.32. The molecule has 1 unspecified atom stereocenters. The van der Waals surface area contributed by atoms with Crippen LogP contribution in [0, 0.1) is 5.92 Å². The van der Waals surface area contributed by atoms with Crippen molar-refractivity contribution in [3.05, 3.63) is 53.3 Å². The van der Waals surface area contributed by atoms with E-state index in [0.29, 0.717) is 26.4 Å². The third-order valence-corrected chi connectivity index (χ3v) is 5.11. The molecule has 6 nitrogen and oxygen atoms in total. The van der Waals surface area contributed by atoms with Gasteiger partial charge in [-0.2, -0.15) is 5.10 Å². The van der Waals surface area contributed by atoms with Gasteiger partial charge in [0.15, 0.2) is 0 Å². The summed E-state index contributed by atoms with van der Waals surface area (Å²) in [4.78, 5) is 12.4. The van der Waals surface area contributed by atoms with Crippen molar-refractivity contribution in [2.24, 2.45) is 5.92 Å². The van der Waals surface area contributed by atoms with Gasteiger partial charge in [-0.05, 0) is 30.4 Å². The average Bonchev–Trinajstić information content (AvgIpc) is 3.10. The van der Waals surface area contributed by atoms with Crippen molar-refractivity contribution in [2.75, 3.05) is 26.4 Å². The van der Waals surface area contributed by atoms with Crippen molar-refractivity contribution >= 4 is 5.91 Å². The number of nitrogens with zero attached hydrogens (tertiary/aromatic N) is 2. The summed E-state index contributed by atoms with van der Waals surface area (Å²) in [5.74, 6) is 0.162. The predicted octanol–water partition coefficient (Wildman–Crippen LogP) is 2.09. The van der Waals surface area contributed by atoms with Gasteiger partial charge < -0.3 is 14.8 Å². The Bertz CT molecular complexity index is 738. The van der Waals surface area contributed by atoms with Crippen molar-refractivity contribution in [2.45, 2.75) is 31.9 Å². The highest BCUT2D eigenvalue weighted by molar-refractivity contribution is 5.78. The van der Waals surface area contributed by atoms with E-state index in [-0.39, 0.29) is 17.9 Å². The Balaban J connectivity index is 1.39. The molecule has 0 radical (unpaired) electrons. The van der Waals surface area contributed by atoms with Crippen LogP contribution in [0.5, 0.6) is 0 Å². The van der Waals surface area contributed by atoms with Crippen LogP contribution in [0.15, 0.2) is 36.5 Å². The first kappa shape index (κ1) is 17.2. The number of hydrogen-bond donors (Lipinski definition) is 1. The molecule has 1 amide bonds. The molecule has 1 aromatic heterocycles. The SMILES string of the molecule is O=C(NCC1OCCc2cn(Cc3ccccc3)nc21)C1CCOCC1. The molecule has 1 aromatic carbocycles. The zero-order chi connectivity index (χ0) is 17.8. The summed E-state index contributed by atoms with van der Waals surface area (Å²) in [6.07, 6.45) is 4.41. The van der Waals surface area contributed by atoms with E-state index in [9.17, 15) is 4.79 Å². The number of benzene rings is 1. The summed E-state index contributed by atoms with van der Waals surface area (Å²) in [5, 5.41) is 7.79. The molecular formula is C20H25N3O3. The van der Waals surface area contributed by atoms with Crippen LogP contribution < -0.4 is 5.32 Å². The summed E-state index contributed by atoms with van der Waals surface area (Å²) in [6.45, 7) is 3.24. The standard InChI is InChI=1S/C20H25N3O3/c24-20(16-6-9-25-10-7-16)21-12-18-19-17(8-11-26-18)14-23(22-19)13-15-4-2-1-3-5-15/h1-5,14,16,18H,6-13H2,(H,21,24). The van der Waals surface area contributed by atoms with Gasteiger partial charge in [-0.15, -0.1) is 0 Å². The smallest absolute Gasteiger partial charge is 0.223 e. The number of nitrogens with one attached hydrogen (secondary N) is 1. The molecule has 1 atom stereocenters. The lowest BCUT2D eigenvalue weighted by molar-refractivity contribution is -0.128. The van der Waals surface area contributed by atoms with Crippen LogP contribution >= 0.6 is 0 Å². The van der Waals surface area contributed by atoms with Crippen LogP contribution in [0.1, 0.15) is 35.8 Å². The zero-order valence-electron chi connectivity index (χ0n) is 14.9. The minimum Gasteiger partial charge on any atom is -0.381 e. The van der Waals surface area contributed by atoms with Gasteiger partial charge in [-0.3, -0.25) is 9.48 Å². The normalized spacial score (nSPS) is 20.5. The molecule has 0 spiro atoms. The molecule has 6 heteroatoms. The molecule has 138 valence electrons. The summed E-state index contributed by atoms with van der Waals surface area (Å²) < 4.78 is 13.2. The Morgan fingerprint density at radius 3 is 2.81 bits per heavy atom. The third kappa shape index (κ3) is 3.97. The third-order valence-electron chi connectivity index (χ3n) is 5.11. The van der Waals surface area contributed by atoms with Gasteiger partial charge in [0.25, 0.3) is 0 Å². The highest BCUT2D eigenvalue weighted by Crippen LogP contribution is 2.26. The van der Waals surface area contributed by atoms with Gasteiger partial charge in [0.1, 0.15) is 6.10 Å². The summed E-state index contributed by atoms with van der Waals surface area (Å²) in [5.41, 5.74) is 3.40. The molecule has 2 aliphatic heterocycles. The van der Waals surface area contributed by atoms with Crippen LogP contribution in [-0.2, 0) is 27.2 Å². The van der Waals surface area contributed by atoms with Crippen molar-refractivity contribution in [1.29, 1.82) is 0 Å². The molecule has 3 heterocycles. The number of hydrogen-bond acceptors (Lipinski definition) is 4. The number of fused-ring (bicyclic) bond motifs is 1. The van der Waals surface area contributed by atoms with Crippen molar-refractivity contribution < 1.29 is 14.3 Å². The number of carbonyl (C=O) groups excluding carboxylic acids is 1. The second-order valence-corrected chi connectivity index (χ2v) is 6.96. The highest BCUT2D eigenvalue weighted by Gasteiger charge is 2.27. The van der Waals surface area contributed by atoms with Gasteiger partial charge in [0.05, 0.1) is 18.8 Å². The summed E-state index contributed by atoms with van der Waals surface area (Å²) in [6, 6.07) is 10.3. The number of ether oxygens (including phenoxy) is 2. The van der Waals surface area contributed by atoms with Crippen LogP contribution in [0.2, 0.25) is 0 Å². The fourth-order valence-corrected chi connectivity index (χ4v) is 3.64. The molecule has 0 aliphatic carbocycles. The van der Waals surface area contributed by atoms with E-state index in [1.807, 2.05) is 22.9 Å². The van der Waals surface area contributed by atoms with E-state index in [0.717, 1.165) is 31.5 Å². The number of amides is 1. The highest BCUT2D eigenvalue weighted by atomic mass is 16.5. The van der Waals surface area contributed by atoms with E-state index < -0.39 is 0 Å². The maximum Gasteiger partial charge on any atom is 0.223 e. The first-order chi connectivity index (χ1) is 12.8. The molecule has 1 saturated heterocycles. The fourth-order valence-electron chi connectivity index (χ4n) is 3.64. The zero-order valence-corrected chi connectivity index (χ0v) is 14.9. The van der Waals surface area contributed by atoms with Crippen LogP contribution in [0.3, 0.4) is 0 Å². The number of rotatable bonds is 5. The number of carbonyl (C=O) groups is 1. The van der Waals surface area contributed by atoms with Crippen molar-refractivity contribution in [1.82, 2.24) is 15.1 Å². The quantitative estimate of drug-likeness (QED) is 0.892. The monoisotopic (exact) mass is 355 g/mol. The average molecular weight is 355 g/mol. The second-order valence-electron chi connectivity index (χ2n) is 6.96. The summed E-state index contributed by atoms with van der Waals surface area (Å²) >= 11 is 0. The molecule has 4 rings (SSSR count). The number of aromatic nitrogens is 2. The lowest BCUT2D eigenvalue weighted by atomic mass is 9.99. The molecule has 0 saturated carbocycles. The van der Waals surface area contributed by atoms with Gasteiger partial charge >= 0.3 is 0 Å². The topological polar surface area (TPSA) is 65.4 Å². The molecule has 2 aromatic rings. The van der Waals surface area contributed by atoms with Gasteiger partial charge in [0, 0.05) is 31.9 Å². The Labute approximate surface area is 153 Å². The first-order valence-corrected chi connectivity index (χ1v) is 9.37. The largest absolute Gasteiger partial charge is 0.381 e. The van der Waals surface area contributed by atoms with Crippen LogP contribution in [-0.4, -0.2) is 42.1 Å². The van der Waals surface area contributed by atoms with Gasteiger partial charge in [-0.25, -0.2) is 0 Å². The second kappa shape index (κ2) is 8.01. The van der Waals surface area contributed by atoms with Gasteiger partial charge in [0.2, 0.25) is 5.91 Å². The Morgan fingerprint density at radius 2 is 2.00 bits per heavy atom. The first-order valence-electron chi connectivity index (χ1n) is 9.37. The van der Waals surface area contributed by atoms with Gasteiger partial charge in [-0.1, -0.05) is 30.3 Å². The van der Waals surface area contributed by atoms with E-state index in [1.165, 1.54) is 11.1 Å².